The molecule has 0 spiro atoms. The van der Waals surface area contributed by atoms with Crippen LogP contribution in [0, 0.1) is 6.92 Å². The van der Waals surface area contributed by atoms with Gasteiger partial charge in [-0.25, -0.2) is 4.79 Å². The van der Waals surface area contributed by atoms with E-state index >= 15 is 0 Å². The van der Waals surface area contributed by atoms with Crippen molar-refractivity contribution in [2.45, 2.75) is 58.0 Å². The number of nitrogens with one attached hydrogen (secondary N) is 2. The van der Waals surface area contributed by atoms with Gasteiger partial charge in [0.2, 0.25) is 0 Å². The Morgan fingerprint density at radius 1 is 1.21 bits per heavy atom. The van der Waals surface area contributed by atoms with Crippen LogP contribution >= 0.6 is 0 Å². The first-order chi connectivity index (χ1) is 9.16. The van der Waals surface area contributed by atoms with Crippen LogP contribution in [0.4, 0.5) is 4.79 Å². The normalized spacial score (nSPS) is 17.8. The number of hydrogen-bond acceptors (Lipinski definition) is 1. The number of aryl methyl sites for hydroxylation is 1. The average Bonchev–Trinajstić information content (AvgIpc) is 2.40. The van der Waals surface area contributed by atoms with Crippen LogP contribution in [0.1, 0.15) is 56.2 Å². The van der Waals surface area contributed by atoms with Crippen LogP contribution in [0.2, 0.25) is 0 Å². The summed E-state index contributed by atoms with van der Waals surface area (Å²) >= 11 is 0. The van der Waals surface area contributed by atoms with Gasteiger partial charge < -0.3 is 10.6 Å². The first-order valence-corrected chi connectivity index (χ1v) is 7.29. The SMILES string of the molecule is Cc1ccccc1C(C)NC(=O)NC1CCCCC1. The lowest BCUT2D eigenvalue weighted by atomic mass is 9.96. The van der Waals surface area contributed by atoms with E-state index in [4.69, 9.17) is 0 Å². The fourth-order valence-electron chi connectivity index (χ4n) is 2.82. The summed E-state index contributed by atoms with van der Waals surface area (Å²) in [4.78, 5) is 12.0. The summed E-state index contributed by atoms with van der Waals surface area (Å²) in [5, 5.41) is 6.12. The highest BCUT2D eigenvalue weighted by Crippen LogP contribution is 2.18. The minimum Gasteiger partial charge on any atom is -0.335 e. The monoisotopic (exact) mass is 260 g/mol. The van der Waals surface area contributed by atoms with E-state index in [-0.39, 0.29) is 12.1 Å². The lowest BCUT2D eigenvalue weighted by Crippen LogP contribution is -2.43. The zero-order chi connectivity index (χ0) is 13.7. The van der Waals surface area contributed by atoms with Crippen molar-refractivity contribution in [1.29, 1.82) is 0 Å². The van der Waals surface area contributed by atoms with E-state index in [2.05, 4.69) is 29.7 Å². The van der Waals surface area contributed by atoms with Gasteiger partial charge in [0, 0.05) is 6.04 Å². The van der Waals surface area contributed by atoms with Crippen molar-refractivity contribution >= 4 is 6.03 Å². The second-order valence-corrected chi connectivity index (χ2v) is 5.53. The van der Waals surface area contributed by atoms with Gasteiger partial charge in [0.25, 0.3) is 0 Å². The third kappa shape index (κ3) is 3.98. The maximum absolute atomic E-state index is 12.0. The van der Waals surface area contributed by atoms with E-state index in [1.807, 2.05) is 19.1 Å². The molecule has 1 aliphatic rings. The molecule has 2 rings (SSSR count). The average molecular weight is 260 g/mol. The molecule has 0 heterocycles. The number of benzene rings is 1. The molecule has 3 nitrogen and oxygen atoms in total. The number of carbonyl (C=O) groups excluding carboxylic acids is 1. The quantitative estimate of drug-likeness (QED) is 0.855. The van der Waals surface area contributed by atoms with E-state index in [0.717, 1.165) is 12.8 Å². The minimum absolute atomic E-state index is 0.0392. The van der Waals surface area contributed by atoms with Gasteiger partial charge in [0.1, 0.15) is 0 Å². The highest BCUT2D eigenvalue weighted by Gasteiger charge is 2.17. The Morgan fingerprint density at radius 2 is 1.89 bits per heavy atom. The Kier molecular flexibility index (Phi) is 4.83. The Hall–Kier alpha value is -1.51. The molecule has 0 aromatic heterocycles. The number of amides is 2. The van der Waals surface area contributed by atoms with E-state index in [1.54, 1.807) is 0 Å². The molecule has 1 fully saturated rings. The molecule has 1 aromatic carbocycles. The lowest BCUT2D eigenvalue weighted by Gasteiger charge is -2.24. The van der Waals surface area contributed by atoms with Crippen LogP contribution in [0.25, 0.3) is 0 Å². The van der Waals surface area contributed by atoms with E-state index in [1.165, 1.54) is 30.4 Å². The van der Waals surface area contributed by atoms with Gasteiger partial charge in [-0.05, 0) is 37.8 Å². The van der Waals surface area contributed by atoms with Crippen molar-refractivity contribution in [3.8, 4) is 0 Å². The molecular weight excluding hydrogens is 236 g/mol. The second-order valence-electron chi connectivity index (χ2n) is 5.53. The van der Waals surface area contributed by atoms with Gasteiger partial charge in [0.05, 0.1) is 6.04 Å². The summed E-state index contributed by atoms with van der Waals surface area (Å²) in [7, 11) is 0. The molecule has 1 atom stereocenters. The molecule has 1 aromatic rings. The standard InChI is InChI=1S/C16H24N2O/c1-12-8-6-7-11-15(12)13(2)17-16(19)18-14-9-4-3-5-10-14/h6-8,11,13-14H,3-5,9-10H2,1-2H3,(H2,17,18,19). The summed E-state index contributed by atoms with van der Waals surface area (Å²) < 4.78 is 0. The number of rotatable bonds is 3. The first-order valence-electron chi connectivity index (χ1n) is 7.29. The second kappa shape index (κ2) is 6.60. The number of urea groups is 1. The molecule has 2 N–H and O–H groups in total. The van der Waals surface area contributed by atoms with Crippen molar-refractivity contribution in [3.05, 3.63) is 35.4 Å². The number of hydrogen-bond donors (Lipinski definition) is 2. The maximum Gasteiger partial charge on any atom is 0.315 e. The Balaban J connectivity index is 1.86. The summed E-state index contributed by atoms with van der Waals surface area (Å²) in [6.07, 6.45) is 6.01. The first kappa shape index (κ1) is 13.9. The van der Waals surface area contributed by atoms with Crippen LogP contribution in [-0.2, 0) is 0 Å². The van der Waals surface area contributed by atoms with Crippen LogP contribution < -0.4 is 10.6 Å². The van der Waals surface area contributed by atoms with Gasteiger partial charge in [-0.15, -0.1) is 0 Å². The summed E-state index contributed by atoms with van der Waals surface area (Å²) in [6, 6.07) is 8.55. The largest absolute Gasteiger partial charge is 0.335 e. The van der Waals surface area contributed by atoms with E-state index in [0.29, 0.717) is 6.04 Å². The summed E-state index contributed by atoms with van der Waals surface area (Å²) in [5.74, 6) is 0. The predicted molar refractivity (Wildman–Crippen MR) is 78.1 cm³/mol. The lowest BCUT2D eigenvalue weighted by molar-refractivity contribution is 0.229. The maximum atomic E-state index is 12.0. The number of carbonyl (C=O) groups is 1. The van der Waals surface area contributed by atoms with Crippen molar-refractivity contribution in [3.63, 3.8) is 0 Å². The molecule has 104 valence electrons. The Bertz CT molecular complexity index is 425. The molecule has 1 saturated carbocycles. The Morgan fingerprint density at radius 3 is 2.58 bits per heavy atom. The predicted octanol–water partition coefficient (Wildman–Crippen LogP) is 3.69. The van der Waals surface area contributed by atoms with Crippen LogP contribution in [0.3, 0.4) is 0 Å². The summed E-state index contributed by atoms with van der Waals surface area (Å²) in [5.41, 5.74) is 2.40. The molecule has 2 amide bonds. The van der Waals surface area contributed by atoms with Gasteiger partial charge in [-0.3, -0.25) is 0 Å². The molecule has 3 heteroatoms. The van der Waals surface area contributed by atoms with Gasteiger partial charge in [0.15, 0.2) is 0 Å². The molecular formula is C16H24N2O. The minimum atomic E-state index is -0.0392. The van der Waals surface area contributed by atoms with Crippen molar-refractivity contribution < 1.29 is 4.79 Å². The Labute approximate surface area is 115 Å². The topological polar surface area (TPSA) is 41.1 Å². The third-order valence-electron chi connectivity index (χ3n) is 3.94. The smallest absolute Gasteiger partial charge is 0.315 e. The molecule has 0 bridgehead atoms. The molecule has 1 aliphatic carbocycles. The van der Waals surface area contributed by atoms with Crippen LogP contribution in [0.15, 0.2) is 24.3 Å². The van der Waals surface area contributed by atoms with Gasteiger partial charge in [-0.1, -0.05) is 43.5 Å². The molecule has 1 unspecified atom stereocenters. The fourth-order valence-corrected chi connectivity index (χ4v) is 2.82. The van der Waals surface area contributed by atoms with Crippen LogP contribution in [-0.4, -0.2) is 12.1 Å². The highest BCUT2D eigenvalue weighted by molar-refractivity contribution is 5.74. The zero-order valence-electron chi connectivity index (χ0n) is 11.9. The van der Waals surface area contributed by atoms with E-state index in [9.17, 15) is 4.79 Å². The van der Waals surface area contributed by atoms with Crippen molar-refractivity contribution in [2.75, 3.05) is 0 Å². The highest BCUT2D eigenvalue weighted by atomic mass is 16.2. The van der Waals surface area contributed by atoms with E-state index < -0.39 is 0 Å². The van der Waals surface area contributed by atoms with Gasteiger partial charge in [-0.2, -0.15) is 0 Å². The zero-order valence-corrected chi connectivity index (χ0v) is 11.9. The fraction of sp³-hybridized carbons (Fsp3) is 0.562. The molecule has 19 heavy (non-hydrogen) atoms. The van der Waals surface area contributed by atoms with Crippen molar-refractivity contribution in [2.24, 2.45) is 0 Å². The van der Waals surface area contributed by atoms with Crippen molar-refractivity contribution in [1.82, 2.24) is 10.6 Å². The third-order valence-corrected chi connectivity index (χ3v) is 3.94. The van der Waals surface area contributed by atoms with Gasteiger partial charge >= 0.3 is 6.03 Å². The molecule has 0 saturated heterocycles. The van der Waals surface area contributed by atoms with Crippen LogP contribution in [0.5, 0.6) is 0 Å². The molecule has 0 aliphatic heterocycles. The molecule has 0 radical (unpaired) electrons. The summed E-state index contributed by atoms with van der Waals surface area (Å²) in [6.45, 7) is 4.11.